The van der Waals surface area contributed by atoms with Gasteiger partial charge in [-0.2, -0.15) is 0 Å². The summed E-state index contributed by atoms with van der Waals surface area (Å²) in [7, 11) is 7.62. The third-order valence-corrected chi connectivity index (χ3v) is 3.55. The monoisotopic (exact) mass is 216 g/mol. The highest BCUT2D eigenvalue weighted by molar-refractivity contribution is 7.18. The van der Waals surface area contributed by atoms with Crippen molar-refractivity contribution in [1.82, 2.24) is 9.79 Å². The smallest absolute Gasteiger partial charge is 0.182 e. The molecule has 0 aliphatic carbocycles. The molecule has 1 atom stereocenters. The Labute approximate surface area is 95.4 Å². The van der Waals surface area contributed by atoms with Gasteiger partial charge in [-0.15, -0.1) is 11.3 Å². The first kappa shape index (κ1) is 10.6. The predicted octanol–water partition coefficient (Wildman–Crippen LogP) is 2.68. The molecule has 2 radical (unpaired) electrons. The Balaban J connectivity index is 2.46. The van der Waals surface area contributed by atoms with Crippen molar-refractivity contribution < 1.29 is 0 Å². The van der Waals surface area contributed by atoms with Gasteiger partial charge in [-0.3, -0.25) is 0 Å². The lowest BCUT2D eigenvalue weighted by Crippen LogP contribution is -2.18. The quantitative estimate of drug-likeness (QED) is 0.717. The molecule has 0 aliphatic heterocycles. The molecule has 15 heavy (non-hydrogen) atoms. The normalized spacial score (nSPS) is 13.6. The summed E-state index contributed by atoms with van der Waals surface area (Å²) in [6.45, 7) is 4.12. The van der Waals surface area contributed by atoms with E-state index in [2.05, 4.69) is 30.1 Å². The van der Waals surface area contributed by atoms with Gasteiger partial charge >= 0.3 is 0 Å². The number of rotatable bonds is 2. The Hall–Kier alpha value is -0.865. The molecule has 2 nitrogen and oxygen atoms in total. The van der Waals surface area contributed by atoms with Crippen molar-refractivity contribution in [3.05, 3.63) is 28.8 Å². The molecule has 0 spiro atoms. The van der Waals surface area contributed by atoms with Crippen LogP contribution in [-0.2, 0) is 0 Å². The van der Waals surface area contributed by atoms with Gasteiger partial charge in [0.25, 0.3) is 0 Å². The lowest BCUT2D eigenvalue weighted by Gasteiger charge is -2.20. The lowest BCUT2D eigenvalue weighted by molar-refractivity contribution is 0.436. The van der Waals surface area contributed by atoms with E-state index in [1.165, 1.54) is 10.3 Å². The maximum Gasteiger partial charge on any atom is 0.182 e. The molecule has 1 unspecified atom stereocenters. The largest absolute Gasteiger partial charge is 0.350 e. The number of aromatic nitrogens is 1. The zero-order valence-corrected chi connectivity index (χ0v) is 10.0. The number of fused-ring (bicyclic) bond motifs is 1. The highest BCUT2D eigenvalue weighted by atomic mass is 32.1. The van der Waals surface area contributed by atoms with Crippen molar-refractivity contribution in [1.29, 1.82) is 0 Å². The van der Waals surface area contributed by atoms with Gasteiger partial charge in [0, 0.05) is 6.04 Å². The number of hydrogen-bond acceptors (Lipinski definition) is 3. The van der Waals surface area contributed by atoms with E-state index in [0.29, 0.717) is 0 Å². The first-order chi connectivity index (χ1) is 7.08. The molecule has 0 fully saturated rings. The number of aryl methyl sites for hydroxylation is 1. The van der Waals surface area contributed by atoms with Gasteiger partial charge in [-0.05, 0) is 38.6 Å². The van der Waals surface area contributed by atoms with Crippen molar-refractivity contribution in [2.45, 2.75) is 19.9 Å². The first-order valence-corrected chi connectivity index (χ1v) is 5.74. The predicted molar refractivity (Wildman–Crippen MR) is 66.3 cm³/mol. The zero-order chi connectivity index (χ0) is 11.0. The topological polar surface area (TPSA) is 16.1 Å². The summed E-state index contributed by atoms with van der Waals surface area (Å²) in [6.07, 6.45) is 0. The summed E-state index contributed by atoms with van der Waals surface area (Å²) in [4.78, 5) is 6.15. The molecule has 0 saturated heterocycles. The van der Waals surface area contributed by atoms with E-state index in [1.54, 1.807) is 16.1 Å². The van der Waals surface area contributed by atoms with Gasteiger partial charge in [0.15, 0.2) is 7.98 Å². The average Bonchev–Trinajstić information content (AvgIpc) is 2.55. The maximum atomic E-state index is 5.74. The fourth-order valence-corrected chi connectivity index (χ4v) is 2.43. The number of benzene rings is 1. The molecule has 1 aromatic carbocycles. The standard InChI is InChI=1S/C11H13BN2S/c1-7(14(3)12)9-4-5-10-11(6-9)15-8(2)13-10/h4-7H,1-3H3. The molecule has 4 heteroatoms. The summed E-state index contributed by atoms with van der Waals surface area (Å²) >= 11 is 1.72. The summed E-state index contributed by atoms with van der Waals surface area (Å²) < 4.78 is 1.23. The molecule has 1 heterocycles. The molecule has 0 bridgehead atoms. The van der Waals surface area contributed by atoms with Crippen LogP contribution in [0.4, 0.5) is 0 Å². The third kappa shape index (κ3) is 2.06. The van der Waals surface area contributed by atoms with Gasteiger partial charge < -0.3 is 4.81 Å². The minimum Gasteiger partial charge on any atom is -0.350 e. The second-order valence-corrected chi connectivity index (χ2v) is 5.04. The Bertz CT molecular complexity index is 478. The highest BCUT2D eigenvalue weighted by Crippen LogP contribution is 2.26. The maximum absolute atomic E-state index is 5.74. The Morgan fingerprint density at radius 1 is 1.47 bits per heavy atom. The van der Waals surface area contributed by atoms with Crippen LogP contribution in [0.2, 0.25) is 0 Å². The Morgan fingerprint density at radius 2 is 2.20 bits per heavy atom. The van der Waals surface area contributed by atoms with Crippen molar-refractivity contribution in [2.24, 2.45) is 0 Å². The minimum atomic E-state index is 0.233. The van der Waals surface area contributed by atoms with E-state index in [9.17, 15) is 0 Å². The number of thiazole rings is 1. The fourth-order valence-electron chi connectivity index (χ4n) is 1.55. The van der Waals surface area contributed by atoms with Crippen LogP contribution < -0.4 is 0 Å². The highest BCUT2D eigenvalue weighted by Gasteiger charge is 2.09. The van der Waals surface area contributed by atoms with Crippen LogP contribution in [-0.4, -0.2) is 24.8 Å². The van der Waals surface area contributed by atoms with Crippen LogP contribution in [0.1, 0.15) is 23.5 Å². The number of hydrogen-bond donors (Lipinski definition) is 0. The molecule has 0 N–H and O–H groups in total. The van der Waals surface area contributed by atoms with Crippen LogP contribution in [0, 0.1) is 6.92 Å². The van der Waals surface area contributed by atoms with E-state index < -0.39 is 0 Å². The van der Waals surface area contributed by atoms with E-state index >= 15 is 0 Å². The molecule has 1 aromatic heterocycles. The Morgan fingerprint density at radius 3 is 2.87 bits per heavy atom. The van der Waals surface area contributed by atoms with Crippen LogP contribution >= 0.6 is 11.3 Å². The average molecular weight is 216 g/mol. The first-order valence-electron chi connectivity index (χ1n) is 4.92. The van der Waals surface area contributed by atoms with Gasteiger partial charge in [0.2, 0.25) is 0 Å². The van der Waals surface area contributed by atoms with Crippen LogP contribution in [0.25, 0.3) is 10.2 Å². The van der Waals surface area contributed by atoms with Crippen molar-refractivity contribution >= 4 is 29.5 Å². The minimum absolute atomic E-state index is 0.233. The van der Waals surface area contributed by atoms with Gasteiger partial charge in [-0.25, -0.2) is 4.98 Å². The molecular weight excluding hydrogens is 203 g/mol. The summed E-state index contributed by atoms with van der Waals surface area (Å²) in [5.41, 5.74) is 2.31. The SMILES string of the molecule is [B]N(C)C(C)c1ccc2nc(C)sc2c1. The molecule has 0 amide bonds. The van der Waals surface area contributed by atoms with Crippen LogP contribution in [0.5, 0.6) is 0 Å². The van der Waals surface area contributed by atoms with Crippen molar-refractivity contribution in [3.63, 3.8) is 0 Å². The van der Waals surface area contributed by atoms with E-state index in [-0.39, 0.29) is 6.04 Å². The summed E-state index contributed by atoms with van der Waals surface area (Å²) in [6, 6.07) is 6.56. The van der Waals surface area contributed by atoms with Gasteiger partial charge in [0.05, 0.1) is 15.2 Å². The molecule has 0 saturated carbocycles. The molecule has 0 aliphatic rings. The summed E-state index contributed by atoms with van der Waals surface area (Å²) in [5.74, 6) is 0. The zero-order valence-electron chi connectivity index (χ0n) is 9.19. The van der Waals surface area contributed by atoms with E-state index in [4.69, 9.17) is 7.98 Å². The molecule has 76 valence electrons. The summed E-state index contributed by atoms with van der Waals surface area (Å²) in [5, 5.41) is 1.11. The van der Waals surface area contributed by atoms with Crippen molar-refractivity contribution in [3.8, 4) is 0 Å². The second-order valence-electron chi connectivity index (χ2n) is 3.80. The third-order valence-electron chi connectivity index (χ3n) is 2.61. The number of nitrogens with zero attached hydrogens (tertiary/aromatic N) is 2. The Kier molecular flexibility index (Phi) is 2.80. The van der Waals surface area contributed by atoms with Gasteiger partial charge in [-0.1, -0.05) is 6.07 Å². The lowest BCUT2D eigenvalue weighted by atomic mass is 10.0. The van der Waals surface area contributed by atoms with E-state index in [0.717, 1.165) is 10.5 Å². The van der Waals surface area contributed by atoms with Crippen LogP contribution in [0.15, 0.2) is 18.2 Å². The van der Waals surface area contributed by atoms with Gasteiger partial charge in [0.1, 0.15) is 0 Å². The van der Waals surface area contributed by atoms with Crippen LogP contribution in [0.3, 0.4) is 0 Å². The fraction of sp³-hybridized carbons (Fsp3) is 0.364. The van der Waals surface area contributed by atoms with Crippen molar-refractivity contribution in [2.75, 3.05) is 7.05 Å². The molecule has 2 rings (SSSR count). The molecule has 2 aromatic rings. The molecular formula is C11H13BN2S. The second kappa shape index (κ2) is 3.95. The van der Waals surface area contributed by atoms with E-state index in [1.807, 2.05) is 14.0 Å².